The molecule has 0 spiro atoms. The average molecular weight is 460 g/mol. The average Bonchev–Trinajstić information content (AvgIpc) is 2.67. The first-order valence-corrected chi connectivity index (χ1v) is 10.9. The zero-order valence-electron chi connectivity index (χ0n) is 16.5. The molecule has 0 aliphatic rings. The third-order valence-corrected chi connectivity index (χ3v) is 6.13. The van der Waals surface area contributed by atoms with Gasteiger partial charge in [-0.15, -0.1) is 0 Å². The number of anilines is 2. The van der Waals surface area contributed by atoms with Gasteiger partial charge in [-0.25, -0.2) is 8.42 Å². The first-order valence-electron chi connectivity index (χ1n) is 9.01. The van der Waals surface area contributed by atoms with Gasteiger partial charge >= 0.3 is 0 Å². The number of halogens is 1. The number of nitrogens with zero attached hydrogens (tertiary/aromatic N) is 1. The van der Waals surface area contributed by atoms with Crippen molar-refractivity contribution >= 4 is 44.6 Å². The van der Waals surface area contributed by atoms with E-state index in [-0.39, 0.29) is 26.9 Å². The number of carbonyl (C=O) groups excluding carboxylic acids is 1. The summed E-state index contributed by atoms with van der Waals surface area (Å²) in [5.74, 6) is -0.639. The van der Waals surface area contributed by atoms with Gasteiger partial charge in [0.25, 0.3) is 21.6 Å². The molecule has 0 unspecified atom stereocenters. The summed E-state index contributed by atoms with van der Waals surface area (Å²) in [5.41, 5.74) is 2.18. The van der Waals surface area contributed by atoms with Gasteiger partial charge in [-0.3, -0.25) is 19.6 Å². The van der Waals surface area contributed by atoms with E-state index in [4.69, 9.17) is 11.6 Å². The van der Waals surface area contributed by atoms with Crippen LogP contribution in [0.4, 0.5) is 17.1 Å². The number of hydrogen-bond donors (Lipinski definition) is 2. The van der Waals surface area contributed by atoms with Crippen LogP contribution in [0.5, 0.6) is 0 Å². The van der Waals surface area contributed by atoms with Crippen LogP contribution < -0.4 is 10.0 Å². The Morgan fingerprint density at radius 3 is 2.29 bits per heavy atom. The SMILES string of the molecule is Cc1cc(C)cc(NS(=O)(=O)c2cc(C(=O)Nc3cccc([N+](=O)[O-])c3)ccc2Cl)c1. The molecule has 2 N–H and O–H groups in total. The second-order valence-electron chi connectivity index (χ2n) is 6.89. The van der Waals surface area contributed by atoms with Crippen molar-refractivity contribution in [3.8, 4) is 0 Å². The van der Waals surface area contributed by atoms with E-state index < -0.39 is 20.9 Å². The Hall–Kier alpha value is -3.43. The Bertz CT molecular complexity index is 1270. The molecule has 31 heavy (non-hydrogen) atoms. The minimum atomic E-state index is -4.08. The molecule has 0 aromatic heterocycles. The number of amides is 1. The number of nitro benzene ring substituents is 1. The second-order valence-corrected chi connectivity index (χ2v) is 8.95. The number of non-ortho nitro benzene ring substituents is 1. The van der Waals surface area contributed by atoms with Gasteiger partial charge in [0.15, 0.2) is 0 Å². The standard InChI is InChI=1S/C21H18ClN3O5S/c1-13-8-14(2)10-17(9-13)24-31(29,30)20-11-15(6-7-19(20)22)21(26)23-16-4-3-5-18(12-16)25(27)28/h3-12,24H,1-2H3,(H,23,26). The summed E-state index contributed by atoms with van der Waals surface area (Å²) in [6.45, 7) is 3.69. The Kier molecular flexibility index (Phi) is 6.28. The lowest BCUT2D eigenvalue weighted by atomic mass is 10.1. The molecule has 0 aliphatic carbocycles. The third-order valence-electron chi connectivity index (χ3n) is 4.27. The van der Waals surface area contributed by atoms with Crippen LogP contribution in [0.3, 0.4) is 0 Å². The zero-order valence-corrected chi connectivity index (χ0v) is 18.1. The lowest BCUT2D eigenvalue weighted by Crippen LogP contribution is -2.16. The van der Waals surface area contributed by atoms with E-state index in [1.165, 1.54) is 36.4 Å². The predicted molar refractivity (Wildman–Crippen MR) is 119 cm³/mol. The number of nitro groups is 1. The van der Waals surface area contributed by atoms with Crippen molar-refractivity contribution in [3.63, 3.8) is 0 Å². The summed E-state index contributed by atoms with van der Waals surface area (Å²) >= 11 is 6.10. The zero-order chi connectivity index (χ0) is 22.8. The van der Waals surface area contributed by atoms with Gasteiger partial charge in [0.05, 0.1) is 9.95 Å². The summed E-state index contributed by atoms with van der Waals surface area (Å²) in [6, 6.07) is 14.5. The van der Waals surface area contributed by atoms with E-state index in [1.807, 2.05) is 19.9 Å². The number of aryl methyl sites for hydroxylation is 2. The first kappa shape index (κ1) is 22.3. The molecule has 0 heterocycles. The number of sulfonamides is 1. The van der Waals surface area contributed by atoms with Gasteiger partial charge in [-0.2, -0.15) is 0 Å². The molecule has 0 bridgehead atoms. The van der Waals surface area contributed by atoms with Crippen LogP contribution in [0.15, 0.2) is 65.6 Å². The summed E-state index contributed by atoms with van der Waals surface area (Å²) in [4.78, 5) is 22.6. The molecule has 3 aromatic rings. The maximum absolute atomic E-state index is 12.9. The Balaban J connectivity index is 1.89. The van der Waals surface area contributed by atoms with E-state index in [1.54, 1.807) is 12.1 Å². The van der Waals surface area contributed by atoms with Crippen LogP contribution >= 0.6 is 11.6 Å². The van der Waals surface area contributed by atoms with E-state index in [0.29, 0.717) is 5.69 Å². The molecule has 3 aromatic carbocycles. The van der Waals surface area contributed by atoms with Crippen molar-refractivity contribution in [1.82, 2.24) is 0 Å². The number of carbonyl (C=O) groups is 1. The minimum absolute atomic E-state index is 0.0247. The van der Waals surface area contributed by atoms with Crippen molar-refractivity contribution in [2.24, 2.45) is 0 Å². The monoisotopic (exact) mass is 459 g/mol. The van der Waals surface area contributed by atoms with E-state index in [0.717, 1.165) is 17.2 Å². The number of hydrogen-bond acceptors (Lipinski definition) is 5. The van der Waals surface area contributed by atoms with Gasteiger partial charge in [-0.1, -0.05) is 23.7 Å². The van der Waals surface area contributed by atoms with Crippen molar-refractivity contribution in [3.05, 3.63) is 92.5 Å². The summed E-state index contributed by atoms with van der Waals surface area (Å²) in [6.07, 6.45) is 0. The highest BCUT2D eigenvalue weighted by Crippen LogP contribution is 2.26. The molecular formula is C21H18ClN3O5S. The lowest BCUT2D eigenvalue weighted by Gasteiger charge is -2.12. The summed E-state index contributed by atoms with van der Waals surface area (Å²) in [5, 5.41) is 13.4. The molecule has 10 heteroatoms. The summed E-state index contributed by atoms with van der Waals surface area (Å²) in [7, 11) is -4.08. The molecule has 0 aliphatic heterocycles. The van der Waals surface area contributed by atoms with Crippen LogP contribution in [0.2, 0.25) is 5.02 Å². The molecule has 0 fully saturated rings. The largest absolute Gasteiger partial charge is 0.322 e. The number of benzene rings is 3. The van der Waals surface area contributed by atoms with Crippen molar-refractivity contribution in [2.45, 2.75) is 18.7 Å². The van der Waals surface area contributed by atoms with Gasteiger partial charge in [0, 0.05) is 29.1 Å². The first-order chi connectivity index (χ1) is 14.5. The van der Waals surface area contributed by atoms with Crippen molar-refractivity contribution < 1.29 is 18.1 Å². The smallest absolute Gasteiger partial charge is 0.271 e. The molecule has 0 saturated carbocycles. The molecule has 160 valence electrons. The molecule has 1 amide bonds. The molecular weight excluding hydrogens is 442 g/mol. The minimum Gasteiger partial charge on any atom is -0.322 e. The second kappa shape index (κ2) is 8.75. The van der Waals surface area contributed by atoms with Gasteiger partial charge in [0.1, 0.15) is 4.90 Å². The Labute approximate surface area is 184 Å². The topological polar surface area (TPSA) is 118 Å². The van der Waals surface area contributed by atoms with Gasteiger partial charge in [0.2, 0.25) is 0 Å². The van der Waals surface area contributed by atoms with Crippen LogP contribution in [0.25, 0.3) is 0 Å². The fraction of sp³-hybridized carbons (Fsp3) is 0.0952. The maximum atomic E-state index is 12.9. The van der Waals surface area contributed by atoms with Crippen LogP contribution in [-0.2, 0) is 10.0 Å². The molecule has 0 radical (unpaired) electrons. The molecule has 3 rings (SSSR count). The van der Waals surface area contributed by atoms with Gasteiger partial charge < -0.3 is 5.32 Å². The maximum Gasteiger partial charge on any atom is 0.271 e. The highest BCUT2D eigenvalue weighted by atomic mass is 35.5. The molecule has 8 nitrogen and oxygen atoms in total. The Morgan fingerprint density at radius 1 is 0.968 bits per heavy atom. The third kappa shape index (κ3) is 5.39. The number of rotatable bonds is 6. The van der Waals surface area contributed by atoms with Crippen molar-refractivity contribution in [1.29, 1.82) is 0 Å². The fourth-order valence-corrected chi connectivity index (χ4v) is 4.56. The highest BCUT2D eigenvalue weighted by Gasteiger charge is 2.21. The highest BCUT2D eigenvalue weighted by molar-refractivity contribution is 7.92. The summed E-state index contributed by atoms with van der Waals surface area (Å²) < 4.78 is 28.3. The normalized spacial score (nSPS) is 11.1. The van der Waals surface area contributed by atoms with Crippen LogP contribution in [0, 0.1) is 24.0 Å². The Morgan fingerprint density at radius 2 is 1.65 bits per heavy atom. The van der Waals surface area contributed by atoms with E-state index in [2.05, 4.69) is 10.0 Å². The van der Waals surface area contributed by atoms with E-state index in [9.17, 15) is 23.3 Å². The van der Waals surface area contributed by atoms with Crippen LogP contribution in [-0.4, -0.2) is 19.2 Å². The van der Waals surface area contributed by atoms with Crippen molar-refractivity contribution in [2.75, 3.05) is 10.0 Å². The lowest BCUT2D eigenvalue weighted by molar-refractivity contribution is -0.384. The molecule has 0 atom stereocenters. The van der Waals surface area contributed by atoms with E-state index >= 15 is 0 Å². The predicted octanol–water partition coefficient (Wildman–Crippen LogP) is 4.92. The van der Waals surface area contributed by atoms with Gasteiger partial charge in [-0.05, 0) is 61.4 Å². The molecule has 0 saturated heterocycles. The fourth-order valence-electron chi connectivity index (χ4n) is 2.99. The quantitative estimate of drug-likeness (QED) is 0.400. The van der Waals surface area contributed by atoms with Crippen LogP contribution in [0.1, 0.15) is 21.5 Å². The number of nitrogens with one attached hydrogen (secondary N) is 2.